The van der Waals surface area contributed by atoms with Gasteiger partial charge in [-0.3, -0.25) is 0 Å². The van der Waals surface area contributed by atoms with Crippen LogP contribution in [-0.2, 0) is 0 Å². The second kappa shape index (κ2) is 5.04. The molecule has 102 valence electrons. The summed E-state index contributed by atoms with van der Waals surface area (Å²) in [6, 6.07) is 0. The first-order chi connectivity index (χ1) is 7.64. The van der Waals surface area contributed by atoms with Crippen LogP contribution in [0.3, 0.4) is 0 Å². The third-order valence-corrected chi connectivity index (χ3v) is 3.18. The Balaban J connectivity index is 2.82. The van der Waals surface area contributed by atoms with Crippen LogP contribution < -0.4 is 0 Å². The fraction of sp³-hybridized carbons (Fsp3) is 1.00. The zero-order chi connectivity index (χ0) is 13.3. The number of hydrogen-bond acceptors (Lipinski definition) is 1. The molecule has 17 heavy (non-hydrogen) atoms. The average Bonchev–Trinajstić information content (AvgIpc) is 2.14. The van der Waals surface area contributed by atoms with Gasteiger partial charge in [0.1, 0.15) is 0 Å². The molecular formula is C10H14F6O. The molecule has 0 aromatic heterocycles. The van der Waals surface area contributed by atoms with Crippen molar-refractivity contribution in [2.45, 2.75) is 50.6 Å². The first-order valence-electron chi connectivity index (χ1n) is 5.45. The first kappa shape index (κ1) is 14.6. The molecule has 1 aliphatic carbocycles. The molecule has 0 heterocycles. The molecular weight excluding hydrogens is 250 g/mol. The average molecular weight is 264 g/mol. The van der Waals surface area contributed by atoms with Gasteiger partial charge < -0.3 is 5.11 Å². The molecule has 0 spiro atoms. The molecule has 0 amide bonds. The third kappa shape index (κ3) is 3.76. The lowest BCUT2D eigenvalue weighted by Gasteiger charge is -2.34. The van der Waals surface area contributed by atoms with Crippen molar-refractivity contribution < 1.29 is 31.4 Å². The van der Waals surface area contributed by atoms with Crippen molar-refractivity contribution in [2.24, 2.45) is 11.8 Å². The van der Waals surface area contributed by atoms with Crippen LogP contribution in [0.15, 0.2) is 0 Å². The second-order valence-electron chi connectivity index (χ2n) is 4.45. The van der Waals surface area contributed by atoms with Gasteiger partial charge in [-0.2, -0.15) is 26.3 Å². The maximum absolute atomic E-state index is 12.3. The summed E-state index contributed by atoms with van der Waals surface area (Å²) < 4.78 is 74.0. The van der Waals surface area contributed by atoms with E-state index >= 15 is 0 Å². The summed E-state index contributed by atoms with van der Waals surface area (Å²) in [6.45, 7) is 0. The highest BCUT2D eigenvalue weighted by Gasteiger charge is 2.61. The van der Waals surface area contributed by atoms with Gasteiger partial charge in [0.05, 0.1) is 6.10 Å². The van der Waals surface area contributed by atoms with Crippen LogP contribution in [0.4, 0.5) is 26.3 Å². The van der Waals surface area contributed by atoms with Crippen LogP contribution in [0, 0.1) is 11.8 Å². The number of aliphatic hydroxyl groups is 1. The molecule has 1 aliphatic rings. The van der Waals surface area contributed by atoms with E-state index in [1.165, 1.54) is 0 Å². The topological polar surface area (TPSA) is 20.2 Å². The van der Waals surface area contributed by atoms with E-state index in [1.54, 1.807) is 0 Å². The van der Waals surface area contributed by atoms with E-state index in [9.17, 15) is 31.4 Å². The van der Waals surface area contributed by atoms with Gasteiger partial charge >= 0.3 is 12.4 Å². The zero-order valence-electron chi connectivity index (χ0n) is 8.98. The van der Waals surface area contributed by atoms with E-state index in [0.717, 1.165) is 6.42 Å². The minimum atomic E-state index is -5.45. The Morgan fingerprint density at radius 3 is 1.59 bits per heavy atom. The fourth-order valence-corrected chi connectivity index (χ4v) is 2.32. The Kier molecular flexibility index (Phi) is 4.33. The molecule has 1 saturated carbocycles. The van der Waals surface area contributed by atoms with Crippen molar-refractivity contribution in [1.29, 1.82) is 0 Å². The third-order valence-electron chi connectivity index (χ3n) is 3.18. The SMILES string of the molecule is OC(C1CCCCC1)C(C(F)(F)F)C(F)(F)F. The molecule has 1 nitrogen and oxygen atoms in total. The predicted octanol–water partition coefficient (Wildman–Crippen LogP) is 3.67. The van der Waals surface area contributed by atoms with Gasteiger partial charge in [0.15, 0.2) is 5.92 Å². The summed E-state index contributed by atoms with van der Waals surface area (Å²) in [7, 11) is 0. The van der Waals surface area contributed by atoms with Gasteiger partial charge in [-0.05, 0) is 18.8 Å². The molecule has 0 radical (unpaired) electrons. The molecule has 1 atom stereocenters. The minimum absolute atomic E-state index is 0.226. The van der Waals surface area contributed by atoms with Gasteiger partial charge in [-0.25, -0.2) is 0 Å². The van der Waals surface area contributed by atoms with Gasteiger partial charge in [-0.1, -0.05) is 19.3 Å². The lowest BCUT2D eigenvalue weighted by molar-refractivity contribution is -0.311. The Labute approximate surface area is 94.8 Å². The van der Waals surface area contributed by atoms with Crippen LogP contribution in [0.2, 0.25) is 0 Å². The predicted molar refractivity (Wildman–Crippen MR) is 48.2 cm³/mol. The highest BCUT2D eigenvalue weighted by atomic mass is 19.4. The van der Waals surface area contributed by atoms with Crippen LogP contribution in [-0.4, -0.2) is 23.6 Å². The molecule has 1 fully saturated rings. The Morgan fingerprint density at radius 2 is 1.24 bits per heavy atom. The van der Waals surface area contributed by atoms with E-state index in [2.05, 4.69) is 0 Å². The molecule has 1 rings (SSSR count). The second-order valence-corrected chi connectivity index (χ2v) is 4.45. The standard InChI is InChI=1S/C10H14F6O/c11-9(12,13)8(10(14,15)16)7(17)6-4-2-1-3-5-6/h6-8,17H,1-5H2. The quantitative estimate of drug-likeness (QED) is 0.754. The van der Waals surface area contributed by atoms with E-state index in [0.29, 0.717) is 12.8 Å². The molecule has 0 aromatic rings. The Morgan fingerprint density at radius 1 is 0.824 bits per heavy atom. The smallest absolute Gasteiger partial charge is 0.392 e. The molecule has 0 bridgehead atoms. The normalized spacial score (nSPS) is 21.9. The summed E-state index contributed by atoms with van der Waals surface area (Å²) in [4.78, 5) is 0. The summed E-state index contributed by atoms with van der Waals surface area (Å²) in [5, 5.41) is 9.36. The molecule has 1 N–H and O–H groups in total. The van der Waals surface area contributed by atoms with Crippen molar-refractivity contribution >= 4 is 0 Å². The maximum Gasteiger partial charge on any atom is 0.403 e. The molecule has 0 saturated heterocycles. The number of aliphatic hydroxyl groups excluding tert-OH is 1. The molecule has 0 aromatic carbocycles. The molecule has 7 heteroatoms. The molecule has 0 aliphatic heterocycles. The van der Waals surface area contributed by atoms with E-state index in [1.807, 2.05) is 0 Å². The highest BCUT2D eigenvalue weighted by molar-refractivity contribution is 4.87. The van der Waals surface area contributed by atoms with Crippen LogP contribution in [0.1, 0.15) is 32.1 Å². The van der Waals surface area contributed by atoms with E-state index < -0.39 is 30.3 Å². The maximum atomic E-state index is 12.3. The fourth-order valence-electron chi connectivity index (χ4n) is 2.32. The first-order valence-corrected chi connectivity index (χ1v) is 5.45. The van der Waals surface area contributed by atoms with Crippen LogP contribution in [0.25, 0.3) is 0 Å². The lowest BCUT2D eigenvalue weighted by Crippen LogP contribution is -2.48. The molecule has 1 unspecified atom stereocenters. The number of rotatable bonds is 2. The van der Waals surface area contributed by atoms with Gasteiger partial charge in [-0.15, -0.1) is 0 Å². The largest absolute Gasteiger partial charge is 0.403 e. The van der Waals surface area contributed by atoms with E-state index in [4.69, 9.17) is 0 Å². The number of hydrogen-bond donors (Lipinski definition) is 1. The zero-order valence-corrected chi connectivity index (χ0v) is 8.98. The minimum Gasteiger partial charge on any atom is -0.392 e. The van der Waals surface area contributed by atoms with E-state index in [-0.39, 0.29) is 12.8 Å². The summed E-state index contributed by atoms with van der Waals surface area (Å²) in [5.41, 5.74) is 0. The Hall–Kier alpha value is -0.460. The van der Waals surface area contributed by atoms with Crippen molar-refractivity contribution in [3.05, 3.63) is 0 Å². The number of alkyl halides is 6. The number of halogens is 6. The van der Waals surface area contributed by atoms with Gasteiger partial charge in [0.25, 0.3) is 0 Å². The van der Waals surface area contributed by atoms with Crippen molar-refractivity contribution in [1.82, 2.24) is 0 Å². The summed E-state index contributed by atoms with van der Waals surface area (Å²) >= 11 is 0. The van der Waals surface area contributed by atoms with Gasteiger partial charge in [0.2, 0.25) is 0 Å². The van der Waals surface area contributed by atoms with Crippen molar-refractivity contribution in [3.8, 4) is 0 Å². The van der Waals surface area contributed by atoms with Crippen molar-refractivity contribution in [3.63, 3.8) is 0 Å². The van der Waals surface area contributed by atoms with Crippen LogP contribution in [0.5, 0.6) is 0 Å². The Bertz CT molecular complexity index is 226. The van der Waals surface area contributed by atoms with Gasteiger partial charge in [0, 0.05) is 0 Å². The van der Waals surface area contributed by atoms with Crippen LogP contribution >= 0.6 is 0 Å². The highest BCUT2D eigenvalue weighted by Crippen LogP contribution is 2.45. The van der Waals surface area contributed by atoms with Crippen molar-refractivity contribution in [2.75, 3.05) is 0 Å². The summed E-state index contributed by atoms with van der Waals surface area (Å²) in [6.07, 6.45) is -10.9. The monoisotopic (exact) mass is 264 g/mol. The summed E-state index contributed by atoms with van der Waals surface area (Å²) in [5.74, 6) is -4.53. The lowest BCUT2D eigenvalue weighted by atomic mass is 9.80.